The molecule has 26 heavy (non-hydrogen) atoms. The van der Waals surface area contributed by atoms with E-state index in [1.807, 2.05) is 40.8 Å². The molecule has 1 amide bonds. The van der Waals surface area contributed by atoms with Crippen LogP contribution in [-0.4, -0.2) is 25.4 Å². The Hall–Kier alpha value is -2.89. The smallest absolute Gasteiger partial charge is 0.251 e. The lowest BCUT2D eigenvalue weighted by atomic mass is 9.85. The second-order valence-corrected chi connectivity index (χ2v) is 8.01. The summed E-state index contributed by atoms with van der Waals surface area (Å²) in [5, 5.41) is 13.5. The van der Waals surface area contributed by atoms with Gasteiger partial charge in [-0.25, -0.2) is 0 Å². The number of phenolic OH excluding ortho intramolecular Hbond substituents is 1. The number of carbonyl (C=O) groups is 1. The van der Waals surface area contributed by atoms with Gasteiger partial charge in [0, 0.05) is 17.6 Å². The lowest BCUT2D eigenvalue weighted by Crippen LogP contribution is -2.27. The first-order valence-corrected chi connectivity index (χ1v) is 8.80. The van der Waals surface area contributed by atoms with Crippen LogP contribution in [0.4, 0.5) is 0 Å². The number of nitrogens with zero attached hydrogens (tertiary/aromatic N) is 3. The number of nitrogens with one attached hydrogen (secondary N) is 1. The highest BCUT2D eigenvalue weighted by atomic mass is 16.3. The number of benzene rings is 1. The van der Waals surface area contributed by atoms with Crippen molar-refractivity contribution in [1.82, 2.24) is 19.7 Å². The molecule has 6 nitrogen and oxygen atoms in total. The highest BCUT2D eigenvalue weighted by Gasteiger charge is 2.46. The van der Waals surface area contributed by atoms with Crippen molar-refractivity contribution in [3.63, 3.8) is 0 Å². The van der Waals surface area contributed by atoms with E-state index >= 15 is 0 Å². The van der Waals surface area contributed by atoms with E-state index in [0.717, 1.165) is 28.1 Å². The molecular formula is C20H24N4O2. The molecule has 136 valence electrons. The highest BCUT2D eigenvalue weighted by molar-refractivity contribution is 5.95. The maximum atomic E-state index is 12.0. The molecule has 2 aliphatic rings. The third-order valence-corrected chi connectivity index (χ3v) is 5.04. The molecule has 1 aromatic carbocycles. The molecule has 4 rings (SSSR count). The summed E-state index contributed by atoms with van der Waals surface area (Å²) < 4.78 is 0. The van der Waals surface area contributed by atoms with E-state index in [4.69, 9.17) is 0 Å². The molecule has 1 aliphatic carbocycles. The number of hydrogen-bond donors (Lipinski definition) is 2. The maximum Gasteiger partial charge on any atom is 0.251 e. The van der Waals surface area contributed by atoms with Crippen molar-refractivity contribution >= 4 is 11.6 Å². The first-order chi connectivity index (χ1) is 12.2. The fourth-order valence-corrected chi connectivity index (χ4v) is 3.70. The summed E-state index contributed by atoms with van der Waals surface area (Å²) in [6.45, 7) is 11.9. The van der Waals surface area contributed by atoms with Crippen LogP contribution in [0.1, 0.15) is 44.4 Å². The Kier molecular flexibility index (Phi) is 3.38. The molecular weight excluding hydrogens is 328 g/mol. The summed E-state index contributed by atoms with van der Waals surface area (Å²) in [5.74, 6) is 0.197. The van der Waals surface area contributed by atoms with Gasteiger partial charge in [-0.2, -0.15) is 14.4 Å². The van der Waals surface area contributed by atoms with Crippen molar-refractivity contribution in [3.05, 3.63) is 53.8 Å². The lowest BCUT2D eigenvalue weighted by Gasteiger charge is -2.25. The van der Waals surface area contributed by atoms with Crippen LogP contribution in [0.3, 0.4) is 0 Å². The van der Waals surface area contributed by atoms with Gasteiger partial charge < -0.3 is 10.4 Å². The van der Waals surface area contributed by atoms with E-state index in [-0.39, 0.29) is 17.4 Å². The number of amides is 1. The van der Waals surface area contributed by atoms with Gasteiger partial charge in [0.2, 0.25) is 0 Å². The van der Waals surface area contributed by atoms with Gasteiger partial charge >= 0.3 is 0 Å². The van der Waals surface area contributed by atoms with Gasteiger partial charge in [0.1, 0.15) is 17.5 Å². The standard InChI is InChI=1S/C20H24N4O2/c1-6-21-19(26)13-7-8-15-16(11-13)23-22(15)24(23)17-10-12(2)9-14(18(17)25)20(3,4)5/h6-10,16,25H,1,11H2,2-5H3,(H,21,26). The first-order valence-electron chi connectivity index (χ1n) is 8.80. The number of aromatic hydroxyl groups is 1. The summed E-state index contributed by atoms with van der Waals surface area (Å²) in [6, 6.07) is 4.16. The van der Waals surface area contributed by atoms with Crippen LogP contribution in [0.25, 0.3) is 11.4 Å². The summed E-state index contributed by atoms with van der Waals surface area (Å²) in [7, 11) is 0. The number of rotatable bonds is 3. The molecule has 1 aromatic heterocycles. The lowest BCUT2D eigenvalue weighted by molar-refractivity contribution is -0.116. The van der Waals surface area contributed by atoms with Crippen molar-refractivity contribution in [1.29, 1.82) is 0 Å². The predicted molar refractivity (Wildman–Crippen MR) is 101 cm³/mol. The fraction of sp³-hybridized carbons (Fsp3) is 0.350. The van der Waals surface area contributed by atoms with Gasteiger partial charge in [0.05, 0.1) is 5.70 Å². The zero-order chi connectivity index (χ0) is 18.8. The van der Waals surface area contributed by atoms with Crippen molar-refractivity contribution in [2.75, 3.05) is 0 Å². The van der Waals surface area contributed by atoms with Crippen molar-refractivity contribution in [2.45, 2.75) is 45.6 Å². The molecule has 1 unspecified atom stereocenters. The molecule has 0 fully saturated rings. The average molecular weight is 352 g/mol. The van der Waals surface area contributed by atoms with Crippen molar-refractivity contribution in [3.8, 4) is 11.4 Å². The van der Waals surface area contributed by atoms with Crippen LogP contribution in [0.15, 0.2) is 42.6 Å². The second kappa shape index (κ2) is 5.30. The number of fused-ring (bicyclic) bond motifs is 4. The molecule has 1 atom stereocenters. The quantitative estimate of drug-likeness (QED) is 0.889. The number of phenols is 1. The van der Waals surface area contributed by atoms with E-state index < -0.39 is 0 Å². The topological polar surface area (TPSA) is 64.1 Å². The van der Waals surface area contributed by atoms with E-state index in [1.54, 1.807) is 0 Å². The minimum Gasteiger partial charge on any atom is -0.505 e. The molecule has 2 aromatic rings. The molecule has 0 saturated carbocycles. The minimum atomic E-state index is -0.145. The Bertz CT molecular complexity index is 988. The Morgan fingerprint density at radius 1 is 1.31 bits per heavy atom. The Morgan fingerprint density at radius 2 is 2.04 bits per heavy atom. The van der Waals surface area contributed by atoms with Gasteiger partial charge in [0.15, 0.2) is 0 Å². The molecule has 0 saturated heterocycles. The average Bonchev–Trinajstić information content (AvgIpc) is 3.22. The number of allylic oxidation sites excluding steroid dienone is 3. The summed E-state index contributed by atoms with van der Waals surface area (Å²) in [4.78, 5) is 18.1. The van der Waals surface area contributed by atoms with Gasteiger partial charge in [-0.1, -0.05) is 39.5 Å². The molecule has 0 radical (unpaired) electrons. The van der Waals surface area contributed by atoms with E-state index in [1.165, 1.54) is 6.20 Å². The van der Waals surface area contributed by atoms with E-state index in [0.29, 0.717) is 12.2 Å². The van der Waals surface area contributed by atoms with Gasteiger partial charge in [-0.3, -0.25) is 4.79 Å². The van der Waals surface area contributed by atoms with E-state index in [2.05, 4.69) is 37.5 Å². The summed E-state index contributed by atoms with van der Waals surface area (Å²) >= 11 is 0. The third kappa shape index (κ3) is 2.29. The SMILES string of the molecule is C=CNC(=O)C1=CC=C2C(C1)n1n2n1-c1cc(C)cc(C(C)(C)C)c1O. The van der Waals surface area contributed by atoms with Gasteiger partial charge in [0.25, 0.3) is 5.91 Å². The zero-order valence-electron chi connectivity index (χ0n) is 15.6. The molecule has 0 bridgehead atoms. The Morgan fingerprint density at radius 3 is 2.69 bits per heavy atom. The predicted octanol–water partition coefficient (Wildman–Crippen LogP) is 3.38. The van der Waals surface area contributed by atoms with E-state index in [9.17, 15) is 9.90 Å². The van der Waals surface area contributed by atoms with Crippen LogP contribution < -0.4 is 5.32 Å². The number of hydrogen-bond acceptors (Lipinski definition) is 2. The van der Waals surface area contributed by atoms with Crippen LogP contribution >= 0.6 is 0 Å². The zero-order valence-corrected chi connectivity index (χ0v) is 15.6. The largest absolute Gasteiger partial charge is 0.505 e. The molecule has 1 aliphatic heterocycles. The first kappa shape index (κ1) is 16.6. The minimum absolute atomic E-state index is 0.115. The molecule has 0 spiro atoms. The van der Waals surface area contributed by atoms with Crippen LogP contribution in [0, 0.1) is 6.92 Å². The molecule has 2 heterocycles. The molecule has 6 heteroatoms. The van der Waals surface area contributed by atoms with Crippen LogP contribution in [-0.2, 0) is 10.2 Å². The van der Waals surface area contributed by atoms with Crippen molar-refractivity contribution in [2.24, 2.45) is 0 Å². The summed E-state index contributed by atoms with van der Waals surface area (Å²) in [5.41, 5.74) is 4.54. The number of aromatic nitrogens is 3. The van der Waals surface area contributed by atoms with Gasteiger partial charge in [-0.05, 0) is 36.2 Å². The van der Waals surface area contributed by atoms with Crippen molar-refractivity contribution < 1.29 is 9.90 Å². The fourth-order valence-electron chi connectivity index (χ4n) is 3.70. The Balaban J connectivity index is 1.68. The Labute approximate surface area is 152 Å². The monoisotopic (exact) mass is 352 g/mol. The van der Waals surface area contributed by atoms with Crippen LogP contribution in [0.5, 0.6) is 5.75 Å². The van der Waals surface area contributed by atoms with Crippen LogP contribution in [0.2, 0.25) is 0 Å². The summed E-state index contributed by atoms with van der Waals surface area (Å²) in [6.07, 6.45) is 5.87. The number of aryl methyl sites for hydroxylation is 1. The number of carbonyl (C=O) groups excluding carboxylic acids is 1. The second-order valence-electron chi connectivity index (χ2n) is 8.01. The van der Waals surface area contributed by atoms with Gasteiger partial charge in [-0.15, -0.1) is 0 Å². The highest BCUT2D eigenvalue weighted by Crippen LogP contribution is 2.48. The maximum absolute atomic E-state index is 12.0. The molecule has 2 N–H and O–H groups in total. The normalized spacial score (nSPS) is 18.4. The third-order valence-electron chi connectivity index (χ3n) is 5.04.